The van der Waals surface area contributed by atoms with Gasteiger partial charge in [0.25, 0.3) is 11.5 Å². The van der Waals surface area contributed by atoms with Crippen molar-refractivity contribution in [2.45, 2.75) is 32.9 Å². The van der Waals surface area contributed by atoms with Crippen LogP contribution >= 0.6 is 0 Å². The number of imidazole rings is 1. The molecular formula is C21H23N5O6. The van der Waals surface area contributed by atoms with Gasteiger partial charge in [-0.15, -0.1) is 0 Å². The number of carbonyl (C=O) groups is 2. The largest absolute Gasteiger partial charge is 0.482 e. The van der Waals surface area contributed by atoms with Gasteiger partial charge in [-0.05, 0) is 18.6 Å². The number of hydrogen-bond donors (Lipinski definition) is 1. The number of carbonyl (C=O) groups excluding carboxylic acids is 2. The molecule has 0 unspecified atom stereocenters. The molecule has 1 N–H and O–H groups in total. The first-order valence-electron chi connectivity index (χ1n) is 10.3. The number of aromatic nitrogens is 4. The first-order valence-corrected chi connectivity index (χ1v) is 10.3. The highest BCUT2D eigenvalue weighted by Crippen LogP contribution is 2.31. The Morgan fingerprint density at radius 2 is 2.03 bits per heavy atom. The normalized spacial score (nSPS) is 13.2. The molecule has 0 saturated heterocycles. The predicted octanol–water partition coefficient (Wildman–Crippen LogP) is 0.692. The molecule has 11 nitrogen and oxygen atoms in total. The van der Waals surface area contributed by atoms with Crippen LogP contribution in [0, 0.1) is 0 Å². The van der Waals surface area contributed by atoms with Gasteiger partial charge >= 0.3 is 11.7 Å². The average molecular weight is 441 g/mol. The van der Waals surface area contributed by atoms with Crippen molar-refractivity contribution in [3.05, 3.63) is 50.9 Å². The number of aromatic amines is 1. The minimum Gasteiger partial charge on any atom is -0.482 e. The first-order chi connectivity index (χ1) is 15.4. The summed E-state index contributed by atoms with van der Waals surface area (Å²) < 4.78 is 13.6. The van der Waals surface area contributed by atoms with Crippen LogP contribution in [0.4, 0.5) is 5.69 Å². The summed E-state index contributed by atoms with van der Waals surface area (Å²) in [5, 5.41) is 0. The number of aryl methyl sites for hydroxylation is 2. The summed E-state index contributed by atoms with van der Waals surface area (Å²) in [6.45, 7) is 1.75. The highest BCUT2D eigenvalue weighted by Gasteiger charge is 2.27. The fraction of sp³-hybridized carbons (Fsp3) is 0.381. The van der Waals surface area contributed by atoms with Crippen molar-refractivity contribution in [1.82, 2.24) is 19.1 Å². The van der Waals surface area contributed by atoms with Gasteiger partial charge in [0.2, 0.25) is 0 Å². The summed E-state index contributed by atoms with van der Waals surface area (Å²) in [6.07, 6.45) is 1.62. The summed E-state index contributed by atoms with van der Waals surface area (Å²) >= 11 is 0. The molecular weight excluding hydrogens is 418 g/mol. The second-order valence-electron chi connectivity index (χ2n) is 7.42. The molecule has 4 rings (SSSR count). The fourth-order valence-electron chi connectivity index (χ4n) is 3.59. The Labute approximate surface area is 182 Å². The Morgan fingerprint density at radius 1 is 1.25 bits per heavy atom. The van der Waals surface area contributed by atoms with Crippen LogP contribution in [0.2, 0.25) is 0 Å². The zero-order chi connectivity index (χ0) is 22.8. The molecule has 1 aromatic carbocycles. The Kier molecular flexibility index (Phi) is 5.80. The van der Waals surface area contributed by atoms with Crippen molar-refractivity contribution in [3.63, 3.8) is 0 Å². The van der Waals surface area contributed by atoms with Gasteiger partial charge in [-0.25, -0.2) is 9.78 Å². The molecule has 0 atom stereocenters. The molecule has 3 aromatic rings. The van der Waals surface area contributed by atoms with Gasteiger partial charge in [0.05, 0.1) is 5.69 Å². The van der Waals surface area contributed by atoms with Crippen molar-refractivity contribution in [3.8, 4) is 5.75 Å². The van der Waals surface area contributed by atoms with Gasteiger partial charge in [0.1, 0.15) is 24.7 Å². The minimum atomic E-state index is -0.639. The first kappa shape index (κ1) is 21.3. The van der Waals surface area contributed by atoms with Crippen LogP contribution in [0.1, 0.15) is 25.6 Å². The van der Waals surface area contributed by atoms with E-state index in [0.717, 1.165) is 12.8 Å². The molecule has 1 amide bonds. The van der Waals surface area contributed by atoms with Gasteiger partial charge in [-0.3, -0.25) is 28.8 Å². The lowest BCUT2D eigenvalue weighted by Crippen LogP contribution is -2.42. The molecule has 0 bridgehead atoms. The third-order valence-corrected chi connectivity index (χ3v) is 5.30. The molecule has 1 aliphatic heterocycles. The SMILES string of the molecule is CCCCn1c(=O)[nH]c(=O)c2c1nc(COC(=O)CN1C(=O)COc3ccccc31)n2C. The van der Waals surface area contributed by atoms with Crippen molar-refractivity contribution in [2.75, 3.05) is 18.1 Å². The minimum absolute atomic E-state index is 0.160. The summed E-state index contributed by atoms with van der Waals surface area (Å²) in [7, 11) is 1.62. The van der Waals surface area contributed by atoms with Crippen LogP contribution in [-0.2, 0) is 34.5 Å². The lowest BCUT2D eigenvalue weighted by Gasteiger charge is -2.28. The smallest absolute Gasteiger partial charge is 0.330 e. The molecule has 1 aliphatic rings. The third-order valence-electron chi connectivity index (χ3n) is 5.30. The summed E-state index contributed by atoms with van der Waals surface area (Å²) in [5.41, 5.74) is -0.111. The number of anilines is 1. The van der Waals surface area contributed by atoms with E-state index in [1.165, 1.54) is 14.0 Å². The number of benzene rings is 1. The third kappa shape index (κ3) is 3.88. The standard InChI is InChI=1S/C21H23N5O6/c1-3-4-9-25-19-18(20(29)23-21(25)30)24(2)15(22-19)11-32-17(28)10-26-13-7-5-6-8-14(13)31-12-16(26)27/h5-8H,3-4,9-12H2,1-2H3,(H,23,29,30). The molecule has 11 heteroatoms. The van der Waals surface area contributed by atoms with Crippen LogP contribution in [0.25, 0.3) is 11.2 Å². The van der Waals surface area contributed by atoms with Gasteiger partial charge in [0, 0.05) is 13.6 Å². The van der Waals surface area contributed by atoms with E-state index in [-0.39, 0.29) is 36.8 Å². The number of nitrogens with zero attached hydrogens (tertiary/aromatic N) is 4. The van der Waals surface area contributed by atoms with E-state index in [0.29, 0.717) is 23.8 Å². The van der Waals surface area contributed by atoms with Crippen molar-refractivity contribution < 1.29 is 19.1 Å². The molecule has 168 valence electrons. The summed E-state index contributed by atoms with van der Waals surface area (Å²) in [6, 6.07) is 6.93. The number of fused-ring (bicyclic) bond motifs is 2. The Balaban J connectivity index is 1.53. The summed E-state index contributed by atoms with van der Waals surface area (Å²) in [4.78, 5) is 57.3. The zero-order valence-corrected chi connectivity index (χ0v) is 17.8. The maximum Gasteiger partial charge on any atom is 0.330 e. The van der Waals surface area contributed by atoms with Crippen LogP contribution in [0.5, 0.6) is 5.75 Å². The van der Waals surface area contributed by atoms with E-state index in [2.05, 4.69) is 9.97 Å². The predicted molar refractivity (Wildman–Crippen MR) is 115 cm³/mol. The van der Waals surface area contributed by atoms with Crippen LogP contribution in [0.3, 0.4) is 0 Å². The Hall–Kier alpha value is -3.89. The second kappa shape index (κ2) is 8.69. The number of hydrogen-bond acceptors (Lipinski definition) is 7. The topological polar surface area (TPSA) is 129 Å². The van der Waals surface area contributed by atoms with E-state index in [1.54, 1.807) is 31.3 Å². The molecule has 3 heterocycles. The van der Waals surface area contributed by atoms with Gasteiger partial charge in [-0.2, -0.15) is 0 Å². The number of nitrogens with one attached hydrogen (secondary N) is 1. The molecule has 0 fully saturated rings. The number of amides is 1. The maximum absolute atomic E-state index is 12.5. The van der Waals surface area contributed by atoms with Crippen molar-refractivity contribution in [1.29, 1.82) is 0 Å². The molecule has 0 spiro atoms. The number of ether oxygens (including phenoxy) is 2. The molecule has 2 aromatic heterocycles. The Bertz CT molecular complexity index is 1300. The zero-order valence-electron chi connectivity index (χ0n) is 17.8. The van der Waals surface area contributed by atoms with Crippen LogP contribution in [0.15, 0.2) is 33.9 Å². The van der Waals surface area contributed by atoms with Crippen LogP contribution < -0.4 is 20.9 Å². The quantitative estimate of drug-likeness (QED) is 0.534. The fourth-order valence-corrected chi connectivity index (χ4v) is 3.59. The van der Waals surface area contributed by atoms with Gasteiger partial charge in [-0.1, -0.05) is 25.5 Å². The highest BCUT2D eigenvalue weighted by atomic mass is 16.5. The molecule has 0 radical (unpaired) electrons. The highest BCUT2D eigenvalue weighted by molar-refractivity contribution is 6.01. The van der Waals surface area contributed by atoms with Crippen molar-refractivity contribution >= 4 is 28.7 Å². The number of H-pyrrole nitrogens is 1. The lowest BCUT2D eigenvalue weighted by atomic mass is 10.2. The van der Waals surface area contributed by atoms with E-state index in [4.69, 9.17) is 9.47 Å². The molecule has 0 saturated carbocycles. The molecule has 0 aliphatic carbocycles. The Morgan fingerprint density at radius 3 is 2.81 bits per heavy atom. The number of unbranched alkanes of at least 4 members (excludes halogenated alkanes) is 1. The van der Waals surface area contributed by atoms with Gasteiger partial charge in [0.15, 0.2) is 17.8 Å². The number of para-hydroxylation sites is 2. The van der Waals surface area contributed by atoms with Gasteiger partial charge < -0.3 is 14.0 Å². The van der Waals surface area contributed by atoms with Crippen LogP contribution in [-0.4, -0.2) is 44.1 Å². The molecule has 32 heavy (non-hydrogen) atoms. The van der Waals surface area contributed by atoms with E-state index >= 15 is 0 Å². The van der Waals surface area contributed by atoms with E-state index in [9.17, 15) is 19.2 Å². The maximum atomic E-state index is 12.5. The van der Waals surface area contributed by atoms with E-state index in [1.807, 2.05) is 6.92 Å². The number of rotatable bonds is 7. The second-order valence-corrected chi connectivity index (χ2v) is 7.42. The van der Waals surface area contributed by atoms with Crippen molar-refractivity contribution in [2.24, 2.45) is 7.05 Å². The number of esters is 1. The summed E-state index contributed by atoms with van der Waals surface area (Å²) in [5.74, 6) is -0.169. The lowest BCUT2D eigenvalue weighted by molar-refractivity contribution is -0.144. The van der Waals surface area contributed by atoms with E-state index < -0.39 is 17.2 Å². The average Bonchev–Trinajstić information content (AvgIpc) is 3.10. The monoisotopic (exact) mass is 441 g/mol.